The number of rotatable bonds is 5. The number of ether oxygens (including phenoxy) is 1. The summed E-state index contributed by atoms with van der Waals surface area (Å²) in [6, 6.07) is 0. The lowest BCUT2D eigenvalue weighted by atomic mass is 9.44. The molecule has 6 heteroatoms. The van der Waals surface area contributed by atoms with Gasteiger partial charge in [-0.2, -0.15) is 0 Å². The van der Waals surface area contributed by atoms with E-state index in [9.17, 15) is 0 Å². The fourth-order valence-electron chi connectivity index (χ4n) is 6.57. The Hall–Kier alpha value is 0.534. The highest BCUT2D eigenvalue weighted by Crippen LogP contribution is 2.72. The molecule has 4 aliphatic carbocycles. The van der Waals surface area contributed by atoms with Crippen molar-refractivity contribution in [1.82, 2.24) is 0 Å². The smallest absolute Gasteiger partial charge is 0.197 e. The van der Waals surface area contributed by atoms with E-state index in [1.54, 1.807) is 0 Å². The van der Waals surface area contributed by atoms with Crippen molar-refractivity contribution in [1.29, 1.82) is 0 Å². The van der Waals surface area contributed by atoms with Crippen LogP contribution in [0.5, 0.6) is 0 Å². The largest absolute Gasteiger partial charge is 0.410 e. The Kier molecular flexibility index (Phi) is 4.59. The van der Waals surface area contributed by atoms with Crippen LogP contribution in [-0.4, -0.2) is 39.6 Å². The van der Waals surface area contributed by atoms with Gasteiger partial charge in [0.2, 0.25) is 0 Å². The molecule has 26 heavy (non-hydrogen) atoms. The van der Waals surface area contributed by atoms with Crippen molar-refractivity contribution in [3.8, 4) is 0 Å². The molecule has 5 rings (SSSR count). The van der Waals surface area contributed by atoms with E-state index >= 15 is 0 Å². The molecule has 148 valence electrons. The van der Waals surface area contributed by atoms with Gasteiger partial charge in [0.05, 0.1) is 12.2 Å². The second-order valence-electron chi connectivity index (χ2n) is 10.8. The molecule has 0 N–H and O–H groups in total. The van der Waals surface area contributed by atoms with Crippen LogP contribution in [0, 0.1) is 29.1 Å². The van der Waals surface area contributed by atoms with Crippen LogP contribution < -0.4 is 0 Å². The monoisotopic (exact) mass is 458 g/mol. The molecule has 0 aromatic carbocycles. The normalized spacial score (nSPS) is 49.7. The van der Waals surface area contributed by atoms with Crippen molar-refractivity contribution in [3.63, 3.8) is 0 Å². The minimum Gasteiger partial charge on any atom is -0.410 e. The molecule has 1 aliphatic heterocycles. The summed E-state index contributed by atoms with van der Waals surface area (Å²) in [5.41, 5.74) is 0.100. The highest BCUT2D eigenvalue weighted by Gasteiger charge is 2.76. The van der Waals surface area contributed by atoms with Gasteiger partial charge in [-0.1, -0.05) is 41.9 Å². The van der Waals surface area contributed by atoms with Crippen LogP contribution in [0.2, 0.25) is 32.7 Å². The quantitative estimate of drug-likeness (QED) is 0.316. The Labute approximate surface area is 169 Å². The van der Waals surface area contributed by atoms with Crippen LogP contribution >= 0.6 is 15.9 Å². The summed E-state index contributed by atoms with van der Waals surface area (Å²) < 4.78 is 20.5. The number of hydrogen-bond acceptors (Lipinski definition) is 3. The van der Waals surface area contributed by atoms with Crippen LogP contribution in [0.3, 0.4) is 0 Å². The van der Waals surface area contributed by atoms with Crippen molar-refractivity contribution in [2.45, 2.75) is 77.4 Å². The molecule has 0 aromatic rings. The molecule has 0 amide bonds. The molecule has 4 fully saturated rings. The van der Waals surface area contributed by atoms with Gasteiger partial charge in [0.15, 0.2) is 22.4 Å². The summed E-state index contributed by atoms with van der Waals surface area (Å²) in [5.74, 6) is 1.78. The lowest BCUT2D eigenvalue weighted by Crippen LogP contribution is -2.68. The van der Waals surface area contributed by atoms with Crippen LogP contribution in [-0.2, 0) is 13.6 Å². The summed E-state index contributed by atoms with van der Waals surface area (Å²) in [7, 11) is -3.40. The summed E-state index contributed by atoms with van der Waals surface area (Å²) in [6.45, 7) is 16.4. The highest BCUT2D eigenvalue weighted by molar-refractivity contribution is 9.09. The molecule has 1 heterocycles. The van der Waals surface area contributed by atoms with E-state index < -0.39 is 22.4 Å². The van der Waals surface area contributed by atoms with Gasteiger partial charge in [-0.05, 0) is 57.4 Å². The maximum atomic E-state index is 6.91. The van der Waals surface area contributed by atoms with E-state index in [0.717, 1.165) is 4.95 Å². The van der Waals surface area contributed by atoms with Gasteiger partial charge in [-0.25, -0.2) is 0 Å². The van der Waals surface area contributed by atoms with Crippen molar-refractivity contribution < 1.29 is 13.6 Å². The van der Waals surface area contributed by atoms with Crippen molar-refractivity contribution in [3.05, 3.63) is 12.2 Å². The van der Waals surface area contributed by atoms with Crippen molar-refractivity contribution >= 4 is 32.6 Å². The Bertz CT molecular complexity index is 619. The van der Waals surface area contributed by atoms with E-state index in [1.165, 1.54) is 12.8 Å². The van der Waals surface area contributed by atoms with Gasteiger partial charge >= 0.3 is 0 Å². The van der Waals surface area contributed by atoms with Crippen LogP contribution in [0.4, 0.5) is 0 Å². The third-order valence-corrected chi connectivity index (χ3v) is 14.0. The van der Waals surface area contributed by atoms with Gasteiger partial charge in [0.25, 0.3) is 0 Å². The van der Waals surface area contributed by atoms with E-state index in [4.69, 9.17) is 13.6 Å². The van der Waals surface area contributed by atoms with E-state index in [2.05, 4.69) is 74.7 Å². The maximum absolute atomic E-state index is 6.91. The zero-order valence-corrected chi connectivity index (χ0v) is 20.9. The average Bonchev–Trinajstić information content (AvgIpc) is 2.74. The summed E-state index contributed by atoms with van der Waals surface area (Å²) in [5, 5.41) is 0. The second kappa shape index (κ2) is 6.02. The topological polar surface area (TPSA) is 27.7 Å². The summed E-state index contributed by atoms with van der Waals surface area (Å²) in [4.78, 5) is 0.988. The van der Waals surface area contributed by atoms with Crippen molar-refractivity contribution in [2.75, 3.05) is 4.95 Å². The lowest BCUT2D eigenvalue weighted by molar-refractivity contribution is -0.296. The third-order valence-electron chi connectivity index (χ3n) is 7.45. The molecular weight excluding hydrogens is 424 g/mol. The molecule has 3 saturated carbocycles. The Balaban J connectivity index is 1.74. The number of halogens is 1. The van der Waals surface area contributed by atoms with Crippen LogP contribution in [0.15, 0.2) is 12.2 Å². The Morgan fingerprint density at radius 2 is 1.88 bits per heavy atom. The van der Waals surface area contributed by atoms with Gasteiger partial charge in [-0.3, -0.25) is 0 Å². The van der Waals surface area contributed by atoms with Gasteiger partial charge in [-0.15, -0.1) is 0 Å². The molecule has 0 spiro atoms. The highest BCUT2D eigenvalue weighted by atomic mass is 79.9. The zero-order valence-electron chi connectivity index (χ0n) is 17.3. The molecule has 0 radical (unpaired) electrons. The molecule has 8 atom stereocenters. The van der Waals surface area contributed by atoms with E-state index in [1.807, 2.05) is 0 Å². The Morgan fingerprint density at radius 1 is 1.19 bits per heavy atom. The minimum atomic E-state index is -1.72. The van der Waals surface area contributed by atoms with Gasteiger partial charge < -0.3 is 13.6 Å². The van der Waals surface area contributed by atoms with E-state index in [-0.39, 0.29) is 17.6 Å². The Morgan fingerprint density at radius 3 is 2.50 bits per heavy atom. The molecular formula is C20H35BrO3Si2. The number of hydrogen-bond donors (Lipinski definition) is 0. The second-order valence-corrected chi connectivity index (χ2v) is 21.0. The molecule has 3 nitrogen and oxygen atoms in total. The average molecular weight is 460 g/mol. The number of fused-ring (bicyclic) bond motifs is 1. The fourth-order valence-corrected chi connectivity index (χ4v) is 9.38. The predicted molar refractivity (Wildman–Crippen MR) is 114 cm³/mol. The first kappa shape index (κ1) is 19.8. The molecule has 0 unspecified atom stereocenters. The zero-order chi connectivity index (χ0) is 19.1. The SMILES string of the molecule is C[C@@H]1[C@@H]2CC[C@@]3(C)[C@H]4[C@@H]2[C@H](O[Si](C)(C)CBr)C=C[C@H]4O[C@@]13O[Si](C)(C)C. The van der Waals surface area contributed by atoms with Crippen LogP contribution in [0.1, 0.15) is 26.7 Å². The summed E-state index contributed by atoms with van der Waals surface area (Å²) >= 11 is 3.68. The van der Waals surface area contributed by atoms with E-state index in [0.29, 0.717) is 23.7 Å². The first-order valence-corrected chi connectivity index (χ1v) is 17.9. The fraction of sp³-hybridized carbons (Fsp3) is 0.900. The summed E-state index contributed by atoms with van der Waals surface area (Å²) in [6.07, 6.45) is 7.58. The molecule has 5 aliphatic rings. The minimum absolute atomic E-state index is 0.100. The van der Waals surface area contributed by atoms with Crippen molar-refractivity contribution in [2.24, 2.45) is 29.1 Å². The van der Waals surface area contributed by atoms with Gasteiger partial charge in [0.1, 0.15) is 0 Å². The molecule has 1 saturated heterocycles. The third kappa shape index (κ3) is 2.66. The maximum Gasteiger partial charge on any atom is 0.197 e. The standard InChI is InChI=1S/C20H35BrO3Si2/c1-13-14-10-11-19(2)18-16(22-20(13,19)24-25(3,4)5)9-8-15(17(14)18)23-26(6,7)12-21/h8-9,13-18H,10-12H2,1-7H3/t13-,14+,15-,16-,17+,18-,19+,20-/m1/s1. The lowest BCUT2D eigenvalue weighted by Gasteiger charge is -2.64. The predicted octanol–water partition coefficient (Wildman–Crippen LogP) is 5.33. The first-order chi connectivity index (χ1) is 11.9. The van der Waals surface area contributed by atoms with Crippen LogP contribution in [0.25, 0.3) is 0 Å². The number of alkyl halides is 1. The molecule has 0 aromatic heterocycles. The first-order valence-electron chi connectivity index (χ1n) is 10.2. The molecule has 4 bridgehead atoms. The van der Waals surface area contributed by atoms with Gasteiger partial charge in [0, 0.05) is 22.2 Å².